The fourth-order valence-corrected chi connectivity index (χ4v) is 4.08. The van der Waals surface area contributed by atoms with E-state index < -0.39 is 12.1 Å². The zero-order chi connectivity index (χ0) is 27.8. The Morgan fingerprint density at radius 3 is 2.54 bits per heavy atom. The van der Waals surface area contributed by atoms with Crippen LogP contribution in [0.3, 0.4) is 0 Å². The maximum absolute atomic E-state index is 13.5. The summed E-state index contributed by atoms with van der Waals surface area (Å²) in [5.41, 5.74) is 2.50. The molecule has 0 bridgehead atoms. The minimum atomic E-state index is -0.831. The van der Waals surface area contributed by atoms with E-state index in [-0.39, 0.29) is 12.2 Å². The third kappa shape index (κ3) is 6.23. The lowest BCUT2D eigenvalue weighted by Crippen LogP contribution is -2.26. The standard InChI is InChI=1S/C31H31N3O5/c1-5-13-24-18-22(19-27(37-6-2)28(24)39-21(4)31(36)38-7-3)20-32-34-29(23-14-9-8-10-15-23)33-26-17-12-11-16-25(26)30(34)35/h5,8-12,14-21H,1,6-7,13H2,2-4H3/t21-/m1/s1. The van der Waals surface area contributed by atoms with Crippen LogP contribution >= 0.6 is 0 Å². The highest BCUT2D eigenvalue weighted by Gasteiger charge is 2.21. The van der Waals surface area contributed by atoms with E-state index in [1.54, 1.807) is 44.3 Å². The van der Waals surface area contributed by atoms with E-state index in [1.165, 1.54) is 4.68 Å². The fraction of sp³-hybridized carbons (Fsp3) is 0.226. The largest absolute Gasteiger partial charge is 0.490 e. The number of para-hydroxylation sites is 1. The van der Waals surface area contributed by atoms with Gasteiger partial charge in [-0.25, -0.2) is 9.78 Å². The fourth-order valence-electron chi connectivity index (χ4n) is 4.08. The first-order valence-electron chi connectivity index (χ1n) is 12.8. The van der Waals surface area contributed by atoms with Crippen LogP contribution in [0.1, 0.15) is 31.9 Å². The molecule has 0 fully saturated rings. The van der Waals surface area contributed by atoms with Gasteiger partial charge < -0.3 is 14.2 Å². The third-order valence-corrected chi connectivity index (χ3v) is 5.84. The quantitative estimate of drug-likeness (QED) is 0.148. The van der Waals surface area contributed by atoms with E-state index >= 15 is 0 Å². The van der Waals surface area contributed by atoms with Crippen LogP contribution in [0.25, 0.3) is 22.3 Å². The van der Waals surface area contributed by atoms with Crippen molar-refractivity contribution < 1.29 is 19.0 Å². The summed E-state index contributed by atoms with van der Waals surface area (Å²) < 4.78 is 18.3. The Kier molecular flexibility index (Phi) is 8.89. The molecule has 0 amide bonds. The molecule has 0 radical (unpaired) electrons. The maximum atomic E-state index is 13.5. The highest BCUT2D eigenvalue weighted by molar-refractivity contribution is 5.83. The molecule has 0 aliphatic carbocycles. The predicted octanol–water partition coefficient (Wildman–Crippen LogP) is 5.40. The minimum Gasteiger partial charge on any atom is -0.490 e. The number of hydrogen-bond acceptors (Lipinski definition) is 7. The van der Waals surface area contributed by atoms with Gasteiger partial charge in [0, 0.05) is 11.1 Å². The molecule has 1 atom stereocenters. The Hall–Kier alpha value is -4.72. The number of carbonyl (C=O) groups excluding carboxylic acids is 1. The van der Waals surface area contributed by atoms with Crippen molar-refractivity contribution in [3.05, 3.63) is 101 Å². The molecule has 0 spiro atoms. The van der Waals surface area contributed by atoms with Crippen LogP contribution in [0.5, 0.6) is 11.5 Å². The summed E-state index contributed by atoms with van der Waals surface area (Å²) >= 11 is 0. The summed E-state index contributed by atoms with van der Waals surface area (Å²) in [5, 5.41) is 5.03. The zero-order valence-corrected chi connectivity index (χ0v) is 22.3. The second-order valence-electron chi connectivity index (χ2n) is 8.63. The highest BCUT2D eigenvalue weighted by atomic mass is 16.6. The van der Waals surface area contributed by atoms with Crippen molar-refractivity contribution in [2.24, 2.45) is 5.10 Å². The monoisotopic (exact) mass is 525 g/mol. The van der Waals surface area contributed by atoms with Crippen molar-refractivity contribution in [1.82, 2.24) is 9.66 Å². The second-order valence-corrected chi connectivity index (χ2v) is 8.63. The Morgan fingerprint density at radius 1 is 1.08 bits per heavy atom. The first kappa shape index (κ1) is 27.3. The van der Waals surface area contributed by atoms with Gasteiger partial charge in [-0.15, -0.1) is 6.58 Å². The van der Waals surface area contributed by atoms with Gasteiger partial charge >= 0.3 is 5.97 Å². The van der Waals surface area contributed by atoms with E-state index in [4.69, 9.17) is 19.2 Å². The van der Waals surface area contributed by atoms with Crippen molar-refractivity contribution in [3.63, 3.8) is 0 Å². The summed E-state index contributed by atoms with van der Waals surface area (Å²) in [6.45, 7) is 9.72. The van der Waals surface area contributed by atoms with Gasteiger partial charge in [0.25, 0.3) is 5.56 Å². The molecule has 4 aromatic rings. The lowest BCUT2D eigenvalue weighted by atomic mass is 10.1. The number of rotatable bonds is 11. The number of hydrogen-bond donors (Lipinski definition) is 0. The predicted molar refractivity (Wildman–Crippen MR) is 153 cm³/mol. The van der Waals surface area contributed by atoms with Crippen LogP contribution in [0.4, 0.5) is 0 Å². The number of ether oxygens (including phenoxy) is 3. The highest BCUT2D eigenvalue weighted by Crippen LogP contribution is 2.34. The van der Waals surface area contributed by atoms with Crippen molar-refractivity contribution in [1.29, 1.82) is 0 Å². The van der Waals surface area contributed by atoms with E-state index in [0.717, 1.165) is 11.1 Å². The molecule has 200 valence electrons. The summed E-state index contributed by atoms with van der Waals surface area (Å²) in [6, 6.07) is 20.3. The van der Waals surface area contributed by atoms with Gasteiger partial charge in [0.1, 0.15) is 0 Å². The molecular formula is C31H31N3O5. The first-order chi connectivity index (χ1) is 19.0. The van der Waals surface area contributed by atoms with E-state index in [0.29, 0.717) is 46.8 Å². The van der Waals surface area contributed by atoms with Gasteiger partial charge in [0.05, 0.1) is 30.3 Å². The SMILES string of the molecule is C=CCc1cc(C=Nn2c(-c3ccccc3)nc3ccccc3c2=O)cc(OCC)c1O[C@H](C)C(=O)OCC. The van der Waals surface area contributed by atoms with Crippen molar-refractivity contribution in [3.8, 4) is 22.9 Å². The van der Waals surface area contributed by atoms with Crippen LogP contribution in [0.15, 0.2) is 89.3 Å². The normalized spacial score (nSPS) is 11.9. The summed E-state index contributed by atoms with van der Waals surface area (Å²) in [6.07, 6.45) is 2.94. The Balaban J connectivity index is 1.82. The number of aromatic nitrogens is 2. The molecule has 8 heteroatoms. The molecule has 0 unspecified atom stereocenters. The average Bonchev–Trinajstić information content (AvgIpc) is 2.95. The number of benzene rings is 3. The van der Waals surface area contributed by atoms with E-state index in [2.05, 4.69) is 11.7 Å². The van der Waals surface area contributed by atoms with Gasteiger partial charge in [-0.05, 0) is 57.0 Å². The van der Waals surface area contributed by atoms with Crippen LogP contribution in [0.2, 0.25) is 0 Å². The number of allylic oxidation sites excluding steroid dienone is 1. The minimum absolute atomic E-state index is 0.258. The summed E-state index contributed by atoms with van der Waals surface area (Å²) in [4.78, 5) is 30.4. The van der Waals surface area contributed by atoms with Crippen LogP contribution in [-0.2, 0) is 16.0 Å². The molecule has 0 aliphatic heterocycles. The Labute approximate surface area is 227 Å². The van der Waals surface area contributed by atoms with Crippen LogP contribution < -0.4 is 15.0 Å². The topological polar surface area (TPSA) is 92.0 Å². The second kappa shape index (κ2) is 12.7. The molecule has 0 N–H and O–H groups in total. The maximum Gasteiger partial charge on any atom is 0.347 e. The smallest absolute Gasteiger partial charge is 0.347 e. The van der Waals surface area contributed by atoms with Crippen LogP contribution in [-0.4, -0.2) is 41.2 Å². The molecular weight excluding hydrogens is 494 g/mol. The molecule has 0 saturated heterocycles. The first-order valence-corrected chi connectivity index (χ1v) is 12.8. The van der Waals surface area contributed by atoms with Gasteiger partial charge in [-0.3, -0.25) is 4.79 Å². The molecule has 1 heterocycles. The number of fused-ring (bicyclic) bond motifs is 1. The van der Waals surface area contributed by atoms with Crippen molar-refractivity contribution in [2.45, 2.75) is 33.3 Å². The van der Waals surface area contributed by atoms with Crippen molar-refractivity contribution in [2.75, 3.05) is 13.2 Å². The van der Waals surface area contributed by atoms with Crippen LogP contribution in [0, 0.1) is 0 Å². The van der Waals surface area contributed by atoms with Gasteiger partial charge in [0.2, 0.25) is 0 Å². The zero-order valence-electron chi connectivity index (χ0n) is 22.3. The third-order valence-electron chi connectivity index (χ3n) is 5.84. The Morgan fingerprint density at radius 2 is 1.82 bits per heavy atom. The van der Waals surface area contributed by atoms with Crippen molar-refractivity contribution >= 4 is 23.1 Å². The summed E-state index contributed by atoms with van der Waals surface area (Å²) in [5.74, 6) is 0.840. The molecule has 0 aliphatic rings. The summed E-state index contributed by atoms with van der Waals surface area (Å²) in [7, 11) is 0. The van der Waals surface area contributed by atoms with E-state index in [1.807, 2.05) is 55.5 Å². The molecule has 1 aromatic heterocycles. The lowest BCUT2D eigenvalue weighted by Gasteiger charge is -2.20. The molecule has 39 heavy (non-hydrogen) atoms. The molecule has 8 nitrogen and oxygen atoms in total. The van der Waals surface area contributed by atoms with E-state index in [9.17, 15) is 9.59 Å². The Bertz CT molecular complexity index is 1560. The molecule has 3 aromatic carbocycles. The van der Waals surface area contributed by atoms with Gasteiger partial charge in [-0.2, -0.15) is 9.78 Å². The molecule has 4 rings (SSSR count). The number of carbonyl (C=O) groups is 1. The lowest BCUT2D eigenvalue weighted by molar-refractivity contribution is -0.150. The number of esters is 1. The van der Waals surface area contributed by atoms with Gasteiger partial charge in [-0.1, -0.05) is 48.5 Å². The van der Waals surface area contributed by atoms with Gasteiger partial charge in [0.15, 0.2) is 23.4 Å². The molecule has 0 saturated carbocycles. The number of nitrogens with zero attached hydrogens (tertiary/aromatic N) is 3. The average molecular weight is 526 g/mol.